The quantitative estimate of drug-likeness (QED) is 0.416. The van der Waals surface area contributed by atoms with Crippen LogP contribution in [0.3, 0.4) is 0 Å². The van der Waals surface area contributed by atoms with Gasteiger partial charge in [0, 0.05) is 26.6 Å². The van der Waals surface area contributed by atoms with Gasteiger partial charge < -0.3 is 14.0 Å². The summed E-state index contributed by atoms with van der Waals surface area (Å²) in [7, 11) is 1.44. The van der Waals surface area contributed by atoms with Crippen LogP contribution >= 0.6 is 12.6 Å². The van der Waals surface area contributed by atoms with Gasteiger partial charge in [0.25, 0.3) is 0 Å². The van der Waals surface area contributed by atoms with Crippen LogP contribution in [-0.4, -0.2) is 51.2 Å². The Labute approximate surface area is 105 Å². The van der Waals surface area contributed by atoms with Crippen molar-refractivity contribution in [2.24, 2.45) is 0 Å². The molecule has 0 aliphatic carbocycles. The molecule has 0 atom stereocenters. The SMILES string of the molecule is C=CCS.CO[Si](C)(CCCO)OC.[SiH4]. The van der Waals surface area contributed by atoms with Crippen LogP contribution in [0.5, 0.6) is 0 Å². The van der Waals surface area contributed by atoms with Gasteiger partial charge in [-0.3, -0.25) is 0 Å². The van der Waals surface area contributed by atoms with E-state index in [1.165, 1.54) is 0 Å². The molecule has 0 bridgehead atoms. The highest BCUT2D eigenvalue weighted by Crippen LogP contribution is 2.12. The topological polar surface area (TPSA) is 38.7 Å². The Morgan fingerprint density at radius 2 is 1.80 bits per heavy atom. The molecule has 0 fully saturated rings. The Hall–Kier alpha value is 0.404. The van der Waals surface area contributed by atoms with Crippen LogP contribution in [0.25, 0.3) is 0 Å². The third-order valence-corrected chi connectivity index (χ3v) is 5.03. The van der Waals surface area contributed by atoms with Gasteiger partial charge in [-0.15, -0.1) is 6.58 Å². The van der Waals surface area contributed by atoms with E-state index in [4.69, 9.17) is 14.0 Å². The average Bonchev–Trinajstić information content (AvgIpc) is 2.26. The van der Waals surface area contributed by atoms with Gasteiger partial charge in [-0.2, -0.15) is 12.6 Å². The van der Waals surface area contributed by atoms with E-state index < -0.39 is 8.56 Å². The number of rotatable bonds is 6. The first-order chi connectivity index (χ1) is 6.60. The number of aliphatic hydroxyl groups is 1. The molecule has 0 aromatic carbocycles. The van der Waals surface area contributed by atoms with Crippen molar-refractivity contribution in [3.05, 3.63) is 12.7 Å². The largest absolute Gasteiger partial charge is 0.398 e. The van der Waals surface area contributed by atoms with Crippen molar-refractivity contribution in [3.8, 4) is 0 Å². The van der Waals surface area contributed by atoms with Crippen LogP contribution in [0.2, 0.25) is 12.6 Å². The van der Waals surface area contributed by atoms with Gasteiger partial charge in [-0.1, -0.05) is 6.08 Å². The minimum atomic E-state index is -1.88. The van der Waals surface area contributed by atoms with E-state index in [1.807, 2.05) is 6.55 Å². The Morgan fingerprint density at radius 3 is 2.00 bits per heavy atom. The predicted octanol–water partition coefficient (Wildman–Crippen LogP) is 0.384. The first-order valence-electron chi connectivity index (χ1n) is 4.53. The molecule has 0 saturated carbocycles. The summed E-state index contributed by atoms with van der Waals surface area (Å²) in [5.74, 6) is 0.778. The highest BCUT2D eigenvalue weighted by Gasteiger charge is 2.27. The van der Waals surface area contributed by atoms with Gasteiger partial charge in [0.05, 0.1) is 0 Å². The molecule has 0 saturated heterocycles. The second kappa shape index (κ2) is 14.4. The zero-order valence-corrected chi connectivity index (χ0v) is 11.2. The Morgan fingerprint density at radius 1 is 1.40 bits per heavy atom. The summed E-state index contributed by atoms with van der Waals surface area (Å²) in [6, 6.07) is 0.858. The lowest BCUT2D eigenvalue weighted by molar-refractivity contribution is 0.238. The van der Waals surface area contributed by atoms with Crippen LogP contribution in [0.1, 0.15) is 6.42 Å². The molecule has 0 unspecified atom stereocenters. The molecule has 0 rings (SSSR count). The minimum absolute atomic E-state index is 0. The molecule has 0 spiro atoms. The van der Waals surface area contributed by atoms with Crippen LogP contribution in [0, 0.1) is 0 Å². The van der Waals surface area contributed by atoms with Crippen molar-refractivity contribution in [3.63, 3.8) is 0 Å². The molecular formula is C9H26O3SSi2. The van der Waals surface area contributed by atoms with E-state index in [1.54, 1.807) is 20.3 Å². The fourth-order valence-corrected chi connectivity index (χ4v) is 2.06. The average molecular weight is 271 g/mol. The number of hydrogen-bond acceptors (Lipinski definition) is 4. The third kappa shape index (κ3) is 14.4. The predicted molar refractivity (Wildman–Crippen MR) is 77.5 cm³/mol. The second-order valence-electron chi connectivity index (χ2n) is 2.84. The van der Waals surface area contributed by atoms with E-state index in [9.17, 15) is 0 Å². The molecule has 3 nitrogen and oxygen atoms in total. The summed E-state index contributed by atoms with van der Waals surface area (Å²) in [4.78, 5) is 0. The van der Waals surface area contributed by atoms with Crippen molar-refractivity contribution in [2.75, 3.05) is 26.6 Å². The lowest BCUT2D eigenvalue weighted by atomic mass is 10.5. The third-order valence-electron chi connectivity index (χ3n) is 1.78. The Bertz CT molecular complexity index is 133. The molecule has 0 radical (unpaired) electrons. The Balaban J connectivity index is -0.000000249. The van der Waals surface area contributed by atoms with Crippen molar-refractivity contribution >= 4 is 32.2 Å². The van der Waals surface area contributed by atoms with Crippen LogP contribution in [-0.2, 0) is 8.85 Å². The van der Waals surface area contributed by atoms with Crippen LogP contribution in [0.4, 0.5) is 0 Å². The molecule has 0 aliphatic rings. The summed E-state index contributed by atoms with van der Waals surface area (Å²) < 4.78 is 10.4. The van der Waals surface area contributed by atoms with Crippen LogP contribution < -0.4 is 0 Å². The second-order valence-corrected chi connectivity index (χ2v) is 6.79. The van der Waals surface area contributed by atoms with Crippen molar-refractivity contribution < 1.29 is 14.0 Å². The zero-order chi connectivity index (χ0) is 11.4. The maximum Gasteiger partial charge on any atom is 0.334 e. The van der Waals surface area contributed by atoms with Crippen molar-refractivity contribution in [1.82, 2.24) is 0 Å². The van der Waals surface area contributed by atoms with Gasteiger partial charge in [-0.25, -0.2) is 0 Å². The molecule has 0 heterocycles. The Kier molecular flexibility index (Phi) is 19.9. The van der Waals surface area contributed by atoms with E-state index in [2.05, 4.69) is 19.2 Å². The molecule has 0 amide bonds. The van der Waals surface area contributed by atoms with Crippen molar-refractivity contribution in [2.45, 2.75) is 19.0 Å². The van der Waals surface area contributed by atoms with E-state index in [0.717, 1.165) is 18.2 Å². The van der Waals surface area contributed by atoms with Gasteiger partial charge in [0.2, 0.25) is 0 Å². The smallest absolute Gasteiger partial charge is 0.334 e. The molecule has 1 N–H and O–H groups in total. The highest BCUT2D eigenvalue weighted by molar-refractivity contribution is 7.80. The summed E-state index contributed by atoms with van der Waals surface area (Å²) >= 11 is 3.80. The van der Waals surface area contributed by atoms with E-state index in [0.29, 0.717) is 0 Å². The van der Waals surface area contributed by atoms with Gasteiger partial charge in [0.1, 0.15) is 0 Å². The maximum absolute atomic E-state index is 8.53. The first kappa shape index (κ1) is 20.8. The monoisotopic (exact) mass is 270 g/mol. The summed E-state index contributed by atoms with van der Waals surface area (Å²) in [6.07, 6.45) is 2.51. The number of thiol groups is 1. The molecular weight excluding hydrogens is 244 g/mol. The fraction of sp³-hybridized carbons (Fsp3) is 0.778. The van der Waals surface area contributed by atoms with Gasteiger partial charge in [-0.05, 0) is 30.0 Å². The van der Waals surface area contributed by atoms with Gasteiger partial charge in [0.15, 0.2) is 0 Å². The first-order valence-corrected chi connectivity index (χ1v) is 7.68. The summed E-state index contributed by atoms with van der Waals surface area (Å²) in [5, 5.41) is 8.53. The van der Waals surface area contributed by atoms with Crippen molar-refractivity contribution in [1.29, 1.82) is 0 Å². The number of aliphatic hydroxyl groups excluding tert-OH is 1. The highest BCUT2D eigenvalue weighted by atomic mass is 32.1. The minimum Gasteiger partial charge on any atom is -0.398 e. The zero-order valence-electron chi connectivity index (χ0n) is 9.32. The molecule has 6 heteroatoms. The molecule has 15 heavy (non-hydrogen) atoms. The molecule has 0 aliphatic heterocycles. The van der Waals surface area contributed by atoms with Gasteiger partial charge >= 0.3 is 8.56 Å². The summed E-state index contributed by atoms with van der Waals surface area (Å²) in [6.45, 7) is 5.61. The standard InChI is InChI=1S/C6H16O3Si.C3H6S.H4Si/c1-8-10(3,9-2)6-4-5-7;1-2-3-4;/h7H,4-6H2,1-3H3;2,4H,1,3H2;1H4. The number of hydrogen-bond donors (Lipinski definition) is 2. The van der Waals surface area contributed by atoms with E-state index >= 15 is 0 Å². The van der Waals surface area contributed by atoms with Crippen LogP contribution in [0.15, 0.2) is 12.7 Å². The lowest BCUT2D eigenvalue weighted by Crippen LogP contribution is -2.35. The fourth-order valence-electron chi connectivity index (χ4n) is 0.688. The normalized spacial score (nSPS) is 9.67. The van der Waals surface area contributed by atoms with E-state index in [-0.39, 0.29) is 17.6 Å². The lowest BCUT2D eigenvalue weighted by Gasteiger charge is -2.21. The molecule has 0 aromatic heterocycles. The molecule has 0 aromatic rings. The molecule has 94 valence electrons. The summed E-state index contributed by atoms with van der Waals surface area (Å²) in [5.41, 5.74) is 0. The maximum atomic E-state index is 8.53.